The van der Waals surface area contributed by atoms with Crippen molar-refractivity contribution in [2.24, 2.45) is 0 Å². The van der Waals surface area contributed by atoms with Gasteiger partial charge in [0.05, 0.1) is 0 Å². The summed E-state index contributed by atoms with van der Waals surface area (Å²) in [6, 6.07) is 0. The summed E-state index contributed by atoms with van der Waals surface area (Å²) in [5.74, 6) is 1.43. The van der Waals surface area contributed by atoms with Crippen LogP contribution in [0.25, 0.3) is 0 Å². The standard InChI is InChI=1S/C12H25BO2/c1-2-3-4-5-6-7-8-9-10-11-12-13(14)15/h11-12,14-15H,2-10H2,1H3/b12-11+. The van der Waals surface area contributed by atoms with Gasteiger partial charge in [0.2, 0.25) is 0 Å². The van der Waals surface area contributed by atoms with E-state index in [0.29, 0.717) is 0 Å². The minimum atomic E-state index is -1.28. The fraction of sp³-hybridized carbons (Fsp3) is 0.833. The number of allylic oxidation sites excluding steroid dienone is 1. The molecule has 0 aliphatic carbocycles. The molecule has 15 heavy (non-hydrogen) atoms. The van der Waals surface area contributed by atoms with Crippen LogP contribution in [-0.2, 0) is 0 Å². The van der Waals surface area contributed by atoms with Gasteiger partial charge < -0.3 is 10.0 Å². The zero-order valence-electron chi connectivity index (χ0n) is 9.99. The van der Waals surface area contributed by atoms with Gasteiger partial charge in [0, 0.05) is 0 Å². The molecule has 0 saturated heterocycles. The van der Waals surface area contributed by atoms with Crippen LogP contribution in [-0.4, -0.2) is 17.2 Å². The molecule has 0 bridgehead atoms. The van der Waals surface area contributed by atoms with E-state index in [4.69, 9.17) is 10.0 Å². The molecule has 0 aliphatic rings. The fourth-order valence-corrected chi connectivity index (χ4v) is 1.61. The van der Waals surface area contributed by atoms with Crippen molar-refractivity contribution in [3.8, 4) is 0 Å². The van der Waals surface area contributed by atoms with Gasteiger partial charge in [0.15, 0.2) is 0 Å². The van der Waals surface area contributed by atoms with E-state index >= 15 is 0 Å². The topological polar surface area (TPSA) is 40.5 Å². The zero-order chi connectivity index (χ0) is 11.4. The predicted molar refractivity (Wildman–Crippen MR) is 66.6 cm³/mol. The lowest BCUT2D eigenvalue weighted by molar-refractivity contribution is 0.424. The number of rotatable bonds is 10. The Bertz CT molecular complexity index is 147. The maximum Gasteiger partial charge on any atom is 0.480 e. The molecule has 0 aromatic carbocycles. The van der Waals surface area contributed by atoms with Crippen molar-refractivity contribution in [3.63, 3.8) is 0 Å². The van der Waals surface area contributed by atoms with Crippen LogP contribution in [0.2, 0.25) is 0 Å². The smallest absolute Gasteiger partial charge is 0.424 e. The molecule has 0 aromatic rings. The average Bonchev–Trinajstić information content (AvgIpc) is 2.20. The first-order valence-corrected chi connectivity index (χ1v) is 6.30. The number of hydrogen-bond donors (Lipinski definition) is 2. The van der Waals surface area contributed by atoms with Crippen LogP contribution < -0.4 is 0 Å². The minimum absolute atomic E-state index is 0.965. The van der Waals surface area contributed by atoms with Gasteiger partial charge in [-0.1, -0.05) is 63.9 Å². The highest BCUT2D eigenvalue weighted by atomic mass is 16.4. The molecule has 0 spiro atoms. The third kappa shape index (κ3) is 13.7. The summed E-state index contributed by atoms with van der Waals surface area (Å²) in [7, 11) is -1.28. The molecule has 2 N–H and O–H groups in total. The SMILES string of the molecule is CCCCCCCCCC/C=C/B(O)O. The molecule has 0 radical (unpaired) electrons. The van der Waals surface area contributed by atoms with E-state index in [-0.39, 0.29) is 0 Å². The highest BCUT2D eigenvalue weighted by Gasteiger charge is 1.96. The van der Waals surface area contributed by atoms with Crippen molar-refractivity contribution in [3.05, 3.63) is 12.1 Å². The van der Waals surface area contributed by atoms with E-state index in [1.54, 1.807) is 0 Å². The summed E-state index contributed by atoms with van der Waals surface area (Å²) in [6.45, 7) is 2.24. The van der Waals surface area contributed by atoms with E-state index in [1.807, 2.05) is 6.08 Å². The third-order valence-corrected chi connectivity index (χ3v) is 2.53. The lowest BCUT2D eigenvalue weighted by Crippen LogP contribution is -2.05. The quantitative estimate of drug-likeness (QED) is 0.431. The minimum Gasteiger partial charge on any atom is -0.424 e. The largest absolute Gasteiger partial charge is 0.480 e. The van der Waals surface area contributed by atoms with Crippen LogP contribution in [0, 0.1) is 0 Å². The first kappa shape index (κ1) is 14.7. The molecule has 2 nitrogen and oxygen atoms in total. The van der Waals surface area contributed by atoms with Gasteiger partial charge in [-0.25, -0.2) is 0 Å². The van der Waals surface area contributed by atoms with Crippen LogP contribution >= 0.6 is 0 Å². The normalized spacial score (nSPS) is 11.1. The predicted octanol–water partition coefficient (Wildman–Crippen LogP) is 3.09. The van der Waals surface area contributed by atoms with Gasteiger partial charge in [0.1, 0.15) is 0 Å². The van der Waals surface area contributed by atoms with Gasteiger partial charge in [-0.3, -0.25) is 0 Å². The first-order chi connectivity index (χ1) is 7.27. The second-order valence-electron chi connectivity index (χ2n) is 4.11. The molecule has 0 amide bonds. The van der Waals surface area contributed by atoms with Gasteiger partial charge >= 0.3 is 7.12 Å². The Morgan fingerprint density at radius 2 is 1.40 bits per heavy atom. The Hall–Kier alpha value is -0.275. The number of hydrogen-bond acceptors (Lipinski definition) is 2. The molecule has 0 aromatic heterocycles. The number of unbranched alkanes of at least 4 members (excludes halogenated alkanes) is 8. The summed E-state index contributed by atoms with van der Waals surface area (Å²) < 4.78 is 0. The van der Waals surface area contributed by atoms with E-state index in [1.165, 1.54) is 50.9 Å². The lowest BCUT2D eigenvalue weighted by atomic mass is 9.91. The molecule has 0 heterocycles. The molecule has 0 saturated carbocycles. The molecule has 0 unspecified atom stereocenters. The average molecular weight is 212 g/mol. The van der Waals surface area contributed by atoms with Crippen LogP contribution in [0.4, 0.5) is 0 Å². The van der Waals surface area contributed by atoms with Crippen LogP contribution in [0.15, 0.2) is 12.1 Å². The van der Waals surface area contributed by atoms with Gasteiger partial charge in [-0.2, -0.15) is 0 Å². The Labute approximate surface area is 94.5 Å². The molecular weight excluding hydrogens is 187 g/mol. The summed E-state index contributed by atoms with van der Waals surface area (Å²) in [4.78, 5) is 0. The van der Waals surface area contributed by atoms with Crippen molar-refractivity contribution < 1.29 is 10.0 Å². The molecule has 0 aliphatic heterocycles. The Morgan fingerprint density at radius 3 is 1.93 bits per heavy atom. The Balaban J connectivity index is 2.99. The van der Waals surface area contributed by atoms with E-state index in [9.17, 15) is 0 Å². The van der Waals surface area contributed by atoms with Gasteiger partial charge in [-0.05, 0) is 12.8 Å². The monoisotopic (exact) mass is 212 g/mol. The van der Waals surface area contributed by atoms with Crippen LogP contribution in [0.1, 0.15) is 64.7 Å². The van der Waals surface area contributed by atoms with E-state index < -0.39 is 7.12 Å². The summed E-state index contributed by atoms with van der Waals surface area (Å²) in [5.41, 5.74) is 0. The third-order valence-electron chi connectivity index (χ3n) is 2.53. The highest BCUT2D eigenvalue weighted by molar-refractivity contribution is 6.47. The van der Waals surface area contributed by atoms with Crippen molar-refractivity contribution in [2.75, 3.05) is 0 Å². The van der Waals surface area contributed by atoms with Crippen LogP contribution in [0.5, 0.6) is 0 Å². The lowest BCUT2D eigenvalue weighted by Gasteiger charge is -1.99. The first-order valence-electron chi connectivity index (χ1n) is 6.30. The van der Waals surface area contributed by atoms with Crippen molar-refractivity contribution in [1.82, 2.24) is 0 Å². The Kier molecular flexibility index (Phi) is 11.6. The van der Waals surface area contributed by atoms with Crippen molar-refractivity contribution in [2.45, 2.75) is 64.7 Å². The highest BCUT2D eigenvalue weighted by Crippen LogP contribution is 2.09. The van der Waals surface area contributed by atoms with Gasteiger partial charge in [-0.15, -0.1) is 0 Å². The maximum atomic E-state index is 8.54. The zero-order valence-corrected chi connectivity index (χ0v) is 9.99. The Morgan fingerprint density at radius 1 is 0.867 bits per heavy atom. The molecule has 88 valence electrons. The van der Waals surface area contributed by atoms with Crippen LogP contribution in [0.3, 0.4) is 0 Å². The molecule has 0 fully saturated rings. The molecular formula is C12H25BO2. The second-order valence-corrected chi connectivity index (χ2v) is 4.11. The van der Waals surface area contributed by atoms with Crippen molar-refractivity contribution >= 4 is 7.12 Å². The fourth-order valence-electron chi connectivity index (χ4n) is 1.61. The summed E-state index contributed by atoms with van der Waals surface area (Å²) >= 11 is 0. The summed E-state index contributed by atoms with van der Waals surface area (Å²) in [5, 5.41) is 17.1. The second kappa shape index (κ2) is 11.8. The molecule has 0 rings (SSSR count). The summed E-state index contributed by atoms with van der Waals surface area (Å²) in [6.07, 6.45) is 13.4. The van der Waals surface area contributed by atoms with E-state index in [0.717, 1.165) is 12.8 Å². The van der Waals surface area contributed by atoms with Crippen molar-refractivity contribution in [1.29, 1.82) is 0 Å². The van der Waals surface area contributed by atoms with E-state index in [2.05, 4.69) is 6.92 Å². The molecule has 0 atom stereocenters. The van der Waals surface area contributed by atoms with Gasteiger partial charge in [0.25, 0.3) is 0 Å². The molecule has 3 heteroatoms. The maximum absolute atomic E-state index is 8.54.